The van der Waals surface area contributed by atoms with Crippen LogP contribution >= 0.6 is 11.8 Å². The van der Waals surface area contributed by atoms with Gasteiger partial charge in [0, 0.05) is 11.1 Å². The van der Waals surface area contributed by atoms with E-state index in [9.17, 15) is 14.9 Å². The van der Waals surface area contributed by atoms with E-state index in [1.807, 2.05) is 13.0 Å². The number of rotatable bonds is 5. The summed E-state index contributed by atoms with van der Waals surface area (Å²) < 4.78 is 5.25. The normalized spacial score (nSPS) is 12.7. The lowest BCUT2D eigenvalue weighted by atomic mass is 10.0. The van der Waals surface area contributed by atoms with E-state index in [1.54, 1.807) is 24.3 Å². The molecule has 0 unspecified atom stereocenters. The van der Waals surface area contributed by atoms with Crippen molar-refractivity contribution in [3.63, 3.8) is 0 Å². The molecular formula is C22H18N2O3S. The molecule has 5 nitrogen and oxygen atoms in total. The average molecular weight is 390 g/mol. The van der Waals surface area contributed by atoms with E-state index in [2.05, 4.69) is 11.1 Å². The second-order valence-electron chi connectivity index (χ2n) is 6.71. The van der Waals surface area contributed by atoms with Gasteiger partial charge in [0.25, 0.3) is 0 Å². The maximum atomic E-state index is 12.7. The van der Waals surface area contributed by atoms with Crippen molar-refractivity contribution in [2.75, 3.05) is 5.75 Å². The van der Waals surface area contributed by atoms with Crippen LogP contribution in [-0.2, 0) is 19.3 Å². The molecule has 0 atom stereocenters. The highest BCUT2D eigenvalue weighted by molar-refractivity contribution is 8.00. The van der Waals surface area contributed by atoms with Crippen LogP contribution in [0.2, 0.25) is 0 Å². The van der Waals surface area contributed by atoms with Crippen LogP contribution in [0, 0.1) is 11.3 Å². The van der Waals surface area contributed by atoms with Gasteiger partial charge in [-0.05, 0) is 48.9 Å². The topological polar surface area (TPSA) is 84.0 Å². The van der Waals surface area contributed by atoms with E-state index in [4.69, 9.17) is 4.42 Å². The molecule has 0 saturated carbocycles. The van der Waals surface area contributed by atoms with E-state index < -0.39 is 5.63 Å². The minimum Gasteiger partial charge on any atom is -0.422 e. The molecule has 0 fully saturated rings. The summed E-state index contributed by atoms with van der Waals surface area (Å²) in [5.41, 5.74) is 3.69. The van der Waals surface area contributed by atoms with Crippen molar-refractivity contribution in [1.29, 1.82) is 5.26 Å². The second kappa shape index (κ2) is 7.61. The number of aromatic nitrogens is 1. The Hall–Kier alpha value is -2.91. The predicted octanol–water partition coefficient (Wildman–Crippen LogP) is 4.09. The number of carbonyl (C=O) groups is 1. The standard InChI is InChI=1S/C22H18N2O3S/c1-2-14-15-7-5-8-18(15)24-21(17(14)11-23)28-12-19(25)16-10-13-6-3-4-9-20(13)27-22(16)26/h3-4,6,9-10H,2,5,7-8,12H2,1H3. The molecule has 0 saturated heterocycles. The zero-order valence-corrected chi connectivity index (χ0v) is 16.3. The molecule has 1 aliphatic rings. The first-order valence-corrected chi connectivity index (χ1v) is 10.2. The Morgan fingerprint density at radius 1 is 1.32 bits per heavy atom. The van der Waals surface area contributed by atoms with E-state index in [1.165, 1.54) is 17.3 Å². The Labute approximate surface area is 166 Å². The summed E-state index contributed by atoms with van der Waals surface area (Å²) >= 11 is 1.22. The van der Waals surface area contributed by atoms with Crippen molar-refractivity contribution in [3.8, 4) is 6.07 Å². The quantitative estimate of drug-likeness (QED) is 0.371. The number of nitriles is 1. The maximum Gasteiger partial charge on any atom is 0.347 e. The summed E-state index contributed by atoms with van der Waals surface area (Å²) in [6.45, 7) is 2.04. The van der Waals surface area contributed by atoms with E-state index in [0.29, 0.717) is 21.6 Å². The number of benzene rings is 1. The van der Waals surface area contributed by atoms with Crippen LogP contribution in [0.1, 0.15) is 46.1 Å². The molecule has 1 aliphatic carbocycles. The minimum absolute atomic E-state index is 0.0292. The van der Waals surface area contributed by atoms with Gasteiger partial charge in [0.05, 0.1) is 11.3 Å². The molecule has 0 radical (unpaired) electrons. The molecule has 140 valence electrons. The Morgan fingerprint density at radius 3 is 2.93 bits per heavy atom. The zero-order chi connectivity index (χ0) is 19.7. The molecule has 6 heteroatoms. The maximum absolute atomic E-state index is 12.7. The fourth-order valence-corrected chi connectivity index (χ4v) is 4.62. The average Bonchev–Trinajstić information content (AvgIpc) is 3.18. The van der Waals surface area contributed by atoms with Crippen molar-refractivity contribution in [2.45, 2.75) is 37.6 Å². The van der Waals surface area contributed by atoms with Crippen LogP contribution in [0.15, 0.2) is 44.6 Å². The van der Waals surface area contributed by atoms with Gasteiger partial charge < -0.3 is 4.42 Å². The minimum atomic E-state index is -0.638. The molecule has 4 rings (SSSR count). The van der Waals surface area contributed by atoms with E-state index in [-0.39, 0.29) is 17.1 Å². The molecule has 1 aromatic carbocycles. The molecule has 0 aliphatic heterocycles. The Kier molecular flexibility index (Phi) is 5.01. The zero-order valence-electron chi connectivity index (χ0n) is 15.4. The highest BCUT2D eigenvalue weighted by Crippen LogP contribution is 2.32. The van der Waals surface area contributed by atoms with Gasteiger partial charge in [-0.3, -0.25) is 4.79 Å². The fourth-order valence-electron chi connectivity index (χ4n) is 3.71. The second-order valence-corrected chi connectivity index (χ2v) is 7.68. The van der Waals surface area contributed by atoms with Crippen LogP contribution < -0.4 is 5.63 Å². The van der Waals surface area contributed by atoms with Crippen molar-refractivity contribution < 1.29 is 9.21 Å². The molecule has 3 aromatic rings. The Balaban J connectivity index is 1.63. The number of hydrogen-bond donors (Lipinski definition) is 0. The lowest BCUT2D eigenvalue weighted by molar-refractivity contribution is 0.101. The number of ketones is 1. The van der Waals surface area contributed by atoms with Gasteiger partial charge in [0.1, 0.15) is 22.2 Å². The Morgan fingerprint density at radius 2 is 2.14 bits per heavy atom. The van der Waals surface area contributed by atoms with E-state index in [0.717, 1.165) is 36.9 Å². The number of Topliss-reactive ketones (excluding diaryl/α,β-unsaturated/α-hetero) is 1. The third-order valence-electron chi connectivity index (χ3n) is 5.05. The van der Waals surface area contributed by atoms with Gasteiger partial charge >= 0.3 is 5.63 Å². The molecule has 2 aromatic heterocycles. The number of pyridine rings is 1. The van der Waals surface area contributed by atoms with Crippen molar-refractivity contribution >= 4 is 28.5 Å². The van der Waals surface area contributed by atoms with Crippen LogP contribution in [0.4, 0.5) is 0 Å². The summed E-state index contributed by atoms with van der Waals surface area (Å²) in [5, 5.41) is 10.9. The fraction of sp³-hybridized carbons (Fsp3) is 0.273. The lowest BCUT2D eigenvalue weighted by Gasteiger charge is -2.12. The monoisotopic (exact) mass is 390 g/mol. The summed E-state index contributed by atoms with van der Waals surface area (Å²) in [7, 11) is 0. The summed E-state index contributed by atoms with van der Waals surface area (Å²) in [6.07, 6.45) is 3.68. The number of carbonyl (C=O) groups excluding carboxylic acids is 1. The highest BCUT2D eigenvalue weighted by Gasteiger charge is 2.23. The first-order valence-electron chi connectivity index (χ1n) is 9.26. The highest BCUT2D eigenvalue weighted by atomic mass is 32.2. The SMILES string of the molecule is CCc1c(C#N)c(SCC(=O)c2cc3ccccc3oc2=O)nc2c1CCC2. The van der Waals surface area contributed by atoms with Crippen LogP contribution in [0.3, 0.4) is 0 Å². The van der Waals surface area contributed by atoms with Crippen molar-refractivity contribution in [2.24, 2.45) is 0 Å². The first-order chi connectivity index (χ1) is 13.6. The van der Waals surface area contributed by atoms with Crippen molar-refractivity contribution in [3.05, 3.63) is 68.7 Å². The largest absolute Gasteiger partial charge is 0.422 e. The molecule has 0 amide bonds. The third kappa shape index (κ3) is 3.23. The van der Waals surface area contributed by atoms with Gasteiger partial charge in [0.2, 0.25) is 0 Å². The van der Waals surface area contributed by atoms with Gasteiger partial charge in [0.15, 0.2) is 5.78 Å². The number of aryl methyl sites for hydroxylation is 1. The summed E-state index contributed by atoms with van der Waals surface area (Å²) in [6, 6.07) is 10.9. The van der Waals surface area contributed by atoms with Gasteiger partial charge in [-0.2, -0.15) is 5.26 Å². The summed E-state index contributed by atoms with van der Waals surface area (Å²) in [4.78, 5) is 29.5. The number of nitrogens with zero attached hydrogens (tertiary/aromatic N) is 2. The van der Waals surface area contributed by atoms with Gasteiger partial charge in [-0.15, -0.1) is 0 Å². The van der Waals surface area contributed by atoms with Gasteiger partial charge in [-0.25, -0.2) is 9.78 Å². The molecular weight excluding hydrogens is 372 g/mol. The molecule has 0 bridgehead atoms. The molecule has 0 N–H and O–H groups in total. The van der Waals surface area contributed by atoms with Crippen LogP contribution in [-0.4, -0.2) is 16.5 Å². The number of hydrogen-bond acceptors (Lipinski definition) is 6. The third-order valence-corrected chi connectivity index (χ3v) is 6.03. The van der Waals surface area contributed by atoms with Crippen molar-refractivity contribution in [1.82, 2.24) is 4.98 Å². The molecule has 28 heavy (non-hydrogen) atoms. The Bertz CT molecular complexity index is 1190. The van der Waals surface area contributed by atoms with Crippen LogP contribution in [0.5, 0.6) is 0 Å². The van der Waals surface area contributed by atoms with Crippen LogP contribution in [0.25, 0.3) is 11.0 Å². The smallest absolute Gasteiger partial charge is 0.347 e. The van der Waals surface area contributed by atoms with Gasteiger partial charge in [-0.1, -0.05) is 36.9 Å². The molecule has 2 heterocycles. The summed E-state index contributed by atoms with van der Waals surface area (Å²) in [5.74, 6) is -0.291. The predicted molar refractivity (Wildman–Crippen MR) is 108 cm³/mol. The molecule has 0 spiro atoms. The number of fused-ring (bicyclic) bond motifs is 2. The number of thioether (sulfide) groups is 1. The lowest BCUT2D eigenvalue weighted by Crippen LogP contribution is -2.16. The number of para-hydroxylation sites is 1. The first kappa shape index (κ1) is 18.5. The van der Waals surface area contributed by atoms with E-state index >= 15 is 0 Å².